The molecule has 0 spiro atoms. The number of hydrogen-bond acceptors (Lipinski definition) is 2. The number of carbonyl (C=O) groups is 2. The number of urea groups is 1. The zero-order chi connectivity index (χ0) is 19.3. The topological polar surface area (TPSA) is 78.4 Å². The third-order valence-electron chi connectivity index (χ3n) is 3.01. The number of amides is 2. The van der Waals surface area contributed by atoms with Crippen LogP contribution in [0, 0.1) is 0 Å². The average molecular weight is 372 g/mol. The number of rotatable bonds is 6. The van der Waals surface area contributed by atoms with E-state index in [2.05, 4.69) is 5.32 Å². The Hall–Kier alpha value is -2.46. The van der Waals surface area contributed by atoms with Gasteiger partial charge in [0, 0.05) is 6.54 Å². The molecule has 0 heterocycles. The van der Waals surface area contributed by atoms with Crippen molar-refractivity contribution in [2.75, 3.05) is 6.54 Å². The summed E-state index contributed by atoms with van der Waals surface area (Å²) in [6, 6.07) is 0.237. The van der Waals surface area contributed by atoms with E-state index in [0.29, 0.717) is 12.1 Å². The third kappa shape index (κ3) is 7.77. The lowest BCUT2D eigenvalue weighted by molar-refractivity contribution is -0.140. The fraction of sp³-hybridized carbons (Fsp3) is 0.429. The van der Waals surface area contributed by atoms with Crippen LogP contribution in [0.1, 0.15) is 30.0 Å². The van der Waals surface area contributed by atoms with Gasteiger partial charge in [-0.3, -0.25) is 4.79 Å². The molecule has 0 saturated carbocycles. The lowest BCUT2D eigenvalue weighted by Gasteiger charge is -2.21. The second kappa shape index (κ2) is 8.08. The van der Waals surface area contributed by atoms with Crippen LogP contribution in [0.4, 0.5) is 31.1 Å². The van der Waals surface area contributed by atoms with E-state index >= 15 is 0 Å². The highest BCUT2D eigenvalue weighted by atomic mass is 19.4. The van der Waals surface area contributed by atoms with E-state index in [4.69, 9.17) is 5.11 Å². The average Bonchev–Trinajstić information content (AvgIpc) is 2.44. The Kier molecular flexibility index (Phi) is 6.65. The molecule has 1 aromatic carbocycles. The van der Waals surface area contributed by atoms with E-state index in [-0.39, 0.29) is 12.1 Å². The van der Waals surface area contributed by atoms with Gasteiger partial charge in [-0.15, -0.1) is 0 Å². The highest BCUT2D eigenvalue weighted by molar-refractivity contribution is 5.75. The minimum atomic E-state index is -4.68. The van der Waals surface area contributed by atoms with E-state index in [1.54, 1.807) is 0 Å². The lowest BCUT2D eigenvalue weighted by Crippen LogP contribution is -2.40. The van der Waals surface area contributed by atoms with Crippen molar-refractivity contribution >= 4 is 12.0 Å². The molecule has 2 amide bonds. The number of aliphatic carboxylic acids is 1. The summed E-state index contributed by atoms with van der Waals surface area (Å²) in [5.74, 6) is -1.21. The minimum absolute atomic E-state index is 0.168. The number of benzene rings is 1. The van der Waals surface area contributed by atoms with Crippen molar-refractivity contribution in [3.63, 3.8) is 0 Å². The summed E-state index contributed by atoms with van der Waals surface area (Å²) in [6.07, 6.45) is -11.2. The molecule has 25 heavy (non-hydrogen) atoms. The largest absolute Gasteiger partial charge is 0.481 e. The smallest absolute Gasteiger partial charge is 0.416 e. The Labute approximate surface area is 138 Å². The monoisotopic (exact) mass is 372 g/mol. The van der Waals surface area contributed by atoms with Crippen molar-refractivity contribution in [2.24, 2.45) is 0 Å². The molecule has 1 atom stereocenters. The van der Waals surface area contributed by atoms with Gasteiger partial charge in [-0.1, -0.05) is 12.1 Å². The van der Waals surface area contributed by atoms with Gasteiger partial charge >= 0.3 is 24.4 Å². The van der Waals surface area contributed by atoms with Crippen molar-refractivity contribution in [3.8, 4) is 0 Å². The van der Waals surface area contributed by atoms with Crippen molar-refractivity contribution < 1.29 is 41.0 Å². The molecule has 0 fully saturated rings. The zero-order valence-corrected chi connectivity index (χ0v) is 12.5. The first-order valence-corrected chi connectivity index (χ1v) is 6.88. The molecule has 0 radical (unpaired) electrons. The first-order chi connectivity index (χ1) is 11.4. The normalized spacial score (nSPS) is 13.2. The molecule has 0 aliphatic carbocycles. The third-order valence-corrected chi connectivity index (χ3v) is 3.01. The molecule has 1 unspecified atom stereocenters. The number of nitrogens with one attached hydrogen (secondary N) is 2. The van der Waals surface area contributed by atoms with E-state index in [9.17, 15) is 35.9 Å². The summed E-state index contributed by atoms with van der Waals surface area (Å²) in [5, 5.41) is 12.5. The molecule has 0 aliphatic rings. The standard InChI is InChI=1S/C14H14F6N2O3/c15-13(16,17)7-10(22-12(25)21-6-5-11(23)24)8-1-3-9(4-2-8)14(18,19)20/h1-4,10H,5-7H2,(H,23,24)(H2,21,22,25). The molecular weight excluding hydrogens is 358 g/mol. The maximum atomic E-state index is 12.6. The van der Waals surface area contributed by atoms with Crippen LogP contribution in [0.5, 0.6) is 0 Å². The molecule has 0 aromatic heterocycles. The van der Waals surface area contributed by atoms with E-state index < -0.39 is 48.8 Å². The van der Waals surface area contributed by atoms with Gasteiger partial charge in [0.25, 0.3) is 0 Å². The number of alkyl halides is 6. The summed E-state index contributed by atoms with van der Waals surface area (Å²) >= 11 is 0. The van der Waals surface area contributed by atoms with Crippen LogP contribution in [-0.2, 0) is 11.0 Å². The van der Waals surface area contributed by atoms with Crippen LogP contribution in [0.2, 0.25) is 0 Å². The van der Waals surface area contributed by atoms with Crippen LogP contribution in [0.3, 0.4) is 0 Å². The molecule has 5 nitrogen and oxygen atoms in total. The zero-order valence-electron chi connectivity index (χ0n) is 12.5. The molecule has 0 saturated heterocycles. The number of carboxylic acid groups (broad SMARTS) is 1. The number of carbonyl (C=O) groups excluding carboxylic acids is 1. The molecule has 1 rings (SSSR count). The summed E-state index contributed by atoms with van der Waals surface area (Å²) in [7, 11) is 0. The van der Waals surface area contributed by atoms with Crippen LogP contribution >= 0.6 is 0 Å². The van der Waals surface area contributed by atoms with Gasteiger partial charge in [0.1, 0.15) is 0 Å². The highest BCUT2D eigenvalue weighted by Gasteiger charge is 2.34. The van der Waals surface area contributed by atoms with Crippen molar-refractivity contribution in [2.45, 2.75) is 31.2 Å². The Morgan fingerprint density at radius 2 is 1.60 bits per heavy atom. The SMILES string of the molecule is O=C(O)CCNC(=O)NC(CC(F)(F)F)c1ccc(C(F)(F)F)cc1. The summed E-state index contributed by atoms with van der Waals surface area (Å²) in [4.78, 5) is 21.9. The van der Waals surface area contributed by atoms with Gasteiger partial charge in [-0.25, -0.2) is 4.79 Å². The highest BCUT2D eigenvalue weighted by Crippen LogP contribution is 2.33. The van der Waals surface area contributed by atoms with Crippen LogP contribution in [-0.4, -0.2) is 29.8 Å². The molecule has 0 bridgehead atoms. The fourth-order valence-corrected chi connectivity index (χ4v) is 1.88. The number of carboxylic acids is 1. The predicted molar refractivity (Wildman–Crippen MR) is 73.6 cm³/mol. The molecule has 3 N–H and O–H groups in total. The molecular formula is C14H14F6N2O3. The first kappa shape index (κ1) is 20.6. The Morgan fingerprint density at radius 1 is 1.04 bits per heavy atom. The van der Waals surface area contributed by atoms with Crippen molar-refractivity contribution in [3.05, 3.63) is 35.4 Å². The lowest BCUT2D eigenvalue weighted by atomic mass is 10.0. The fourth-order valence-electron chi connectivity index (χ4n) is 1.88. The minimum Gasteiger partial charge on any atom is -0.481 e. The second-order valence-electron chi connectivity index (χ2n) is 5.04. The summed E-state index contributed by atoms with van der Waals surface area (Å²) in [5.41, 5.74) is -1.20. The van der Waals surface area contributed by atoms with Crippen LogP contribution < -0.4 is 10.6 Å². The quantitative estimate of drug-likeness (QED) is 0.669. The number of halogens is 6. The van der Waals surface area contributed by atoms with E-state index in [1.165, 1.54) is 0 Å². The molecule has 11 heteroatoms. The van der Waals surface area contributed by atoms with Gasteiger partial charge in [-0.2, -0.15) is 26.3 Å². The Bertz CT molecular complexity index is 598. The first-order valence-electron chi connectivity index (χ1n) is 6.88. The van der Waals surface area contributed by atoms with Gasteiger partial charge in [0.15, 0.2) is 0 Å². The van der Waals surface area contributed by atoms with Gasteiger partial charge in [0.2, 0.25) is 0 Å². The molecule has 140 valence electrons. The van der Waals surface area contributed by atoms with Crippen LogP contribution in [0.15, 0.2) is 24.3 Å². The van der Waals surface area contributed by atoms with E-state index in [0.717, 1.165) is 12.1 Å². The predicted octanol–water partition coefficient (Wildman–Crippen LogP) is 3.47. The number of hydrogen-bond donors (Lipinski definition) is 3. The van der Waals surface area contributed by atoms with Crippen molar-refractivity contribution in [1.82, 2.24) is 10.6 Å². The maximum Gasteiger partial charge on any atom is 0.416 e. The molecule has 1 aromatic rings. The van der Waals surface area contributed by atoms with Gasteiger partial charge < -0.3 is 15.7 Å². The second-order valence-corrected chi connectivity index (χ2v) is 5.04. The van der Waals surface area contributed by atoms with Gasteiger partial charge in [0.05, 0.1) is 24.4 Å². The Balaban J connectivity index is 2.86. The molecule has 0 aliphatic heterocycles. The maximum absolute atomic E-state index is 12.6. The summed E-state index contributed by atoms with van der Waals surface area (Å²) < 4.78 is 75.4. The Morgan fingerprint density at radius 3 is 2.04 bits per heavy atom. The van der Waals surface area contributed by atoms with Crippen LogP contribution in [0.25, 0.3) is 0 Å². The van der Waals surface area contributed by atoms with Gasteiger partial charge in [-0.05, 0) is 17.7 Å². The summed E-state index contributed by atoms with van der Waals surface area (Å²) in [6.45, 7) is -0.313. The van der Waals surface area contributed by atoms with E-state index in [1.807, 2.05) is 5.32 Å². The van der Waals surface area contributed by atoms with Crippen molar-refractivity contribution in [1.29, 1.82) is 0 Å².